The fourth-order valence-electron chi connectivity index (χ4n) is 2.57. The molecule has 0 aliphatic rings. The number of rotatable bonds is 3. The molecule has 0 radical (unpaired) electrons. The minimum atomic E-state index is -3.49. The quantitative estimate of drug-likeness (QED) is 0.775. The van der Waals surface area contributed by atoms with Gasteiger partial charge in [0.05, 0.1) is 20.7 Å². The number of nitrogens with one attached hydrogen (secondary N) is 1. The van der Waals surface area contributed by atoms with E-state index in [0.29, 0.717) is 5.13 Å². The lowest BCUT2D eigenvalue weighted by Crippen LogP contribution is -2.15. The average Bonchev–Trinajstić information content (AvgIpc) is 2.89. The predicted octanol–water partition coefficient (Wildman–Crippen LogP) is 3.57. The van der Waals surface area contributed by atoms with Gasteiger partial charge in [-0.3, -0.25) is 10.1 Å². The standard InChI is InChI=1S/C17H16N2O3S2/c1-10-8-11(2)15-13(9-10)23-17(18-15)19-16(20)12-6-4-5-7-14(12)24(3,21)22/h4-9H,1-3H3,(H,18,19,20). The Morgan fingerprint density at radius 3 is 2.58 bits per heavy atom. The zero-order valence-corrected chi connectivity index (χ0v) is 15.1. The number of hydrogen-bond donors (Lipinski definition) is 1. The third-order valence-corrected chi connectivity index (χ3v) is 5.65. The SMILES string of the molecule is Cc1cc(C)c2nc(NC(=O)c3ccccc3S(C)(=O)=O)sc2c1. The molecule has 3 aromatic rings. The minimum absolute atomic E-state index is 0.00985. The van der Waals surface area contributed by atoms with Crippen molar-refractivity contribution in [2.24, 2.45) is 0 Å². The Balaban J connectivity index is 1.98. The van der Waals surface area contributed by atoms with E-state index in [1.54, 1.807) is 12.1 Å². The van der Waals surface area contributed by atoms with Gasteiger partial charge in [0.25, 0.3) is 5.91 Å². The predicted molar refractivity (Wildman–Crippen MR) is 96.6 cm³/mol. The summed E-state index contributed by atoms with van der Waals surface area (Å²) in [5.41, 5.74) is 3.13. The van der Waals surface area contributed by atoms with Crippen molar-refractivity contribution in [1.82, 2.24) is 4.98 Å². The molecule has 0 atom stereocenters. The van der Waals surface area contributed by atoms with Crippen molar-refractivity contribution in [3.05, 3.63) is 53.1 Å². The number of amides is 1. The second-order valence-corrected chi connectivity index (χ2v) is 8.68. The first-order valence-corrected chi connectivity index (χ1v) is 9.95. The van der Waals surface area contributed by atoms with Gasteiger partial charge in [-0.15, -0.1) is 0 Å². The lowest BCUT2D eigenvalue weighted by molar-refractivity contribution is 0.102. The van der Waals surface area contributed by atoms with Gasteiger partial charge in [-0.1, -0.05) is 29.5 Å². The number of hydrogen-bond acceptors (Lipinski definition) is 5. The molecular weight excluding hydrogens is 344 g/mol. The number of carbonyl (C=O) groups is 1. The second-order valence-electron chi connectivity index (χ2n) is 5.67. The van der Waals surface area contributed by atoms with Crippen LogP contribution in [0.25, 0.3) is 10.2 Å². The number of sulfone groups is 1. The molecule has 1 amide bonds. The summed E-state index contributed by atoms with van der Waals surface area (Å²) in [6.45, 7) is 3.98. The number of carbonyl (C=O) groups excluding carboxylic acids is 1. The number of benzene rings is 2. The maximum atomic E-state index is 12.5. The molecule has 0 aliphatic carbocycles. The van der Waals surface area contributed by atoms with Crippen LogP contribution >= 0.6 is 11.3 Å². The van der Waals surface area contributed by atoms with Crippen LogP contribution in [0.4, 0.5) is 5.13 Å². The summed E-state index contributed by atoms with van der Waals surface area (Å²) in [6.07, 6.45) is 1.09. The van der Waals surface area contributed by atoms with Crippen molar-refractivity contribution in [2.45, 2.75) is 18.7 Å². The number of fused-ring (bicyclic) bond motifs is 1. The molecule has 5 nitrogen and oxygen atoms in total. The van der Waals surface area contributed by atoms with Crippen LogP contribution in [0.2, 0.25) is 0 Å². The van der Waals surface area contributed by atoms with Crippen LogP contribution in [0.3, 0.4) is 0 Å². The maximum absolute atomic E-state index is 12.5. The highest BCUT2D eigenvalue weighted by atomic mass is 32.2. The molecule has 2 aromatic carbocycles. The summed E-state index contributed by atoms with van der Waals surface area (Å²) >= 11 is 1.37. The molecular formula is C17H16N2O3S2. The van der Waals surface area contributed by atoms with E-state index < -0.39 is 15.7 Å². The molecule has 1 heterocycles. The van der Waals surface area contributed by atoms with Crippen molar-refractivity contribution in [1.29, 1.82) is 0 Å². The van der Waals surface area contributed by atoms with E-state index in [4.69, 9.17) is 0 Å². The topological polar surface area (TPSA) is 76.1 Å². The van der Waals surface area contributed by atoms with Crippen LogP contribution in [0.15, 0.2) is 41.3 Å². The molecule has 3 rings (SSSR count). The number of aryl methyl sites for hydroxylation is 2. The molecule has 1 N–H and O–H groups in total. The molecule has 0 saturated heterocycles. The van der Waals surface area contributed by atoms with Crippen LogP contribution < -0.4 is 5.32 Å². The number of thiazole rings is 1. The summed E-state index contributed by atoms with van der Waals surface area (Å²) in [4.78, 5) is 17.0. The van der Waals surface area contributed by atoms with Gasteiger partial charge in [0.2, 0.25) is 0 Å². The highest BCUT2D eigenvalue weighted by molar-refractivity contribution is 7.90. The fraction of sp³-hybridized carbons (Fsp3) is 0.176. The van der Waals surface area contributed by atoms with Crippen molar-refractivity contribution < 1.29 is 13.2 Å². The van der Waals surface area contributed by atoms with E-state index in [0.717, 1.165) is 27.6 Å². The van der Waals surface area contributed by atoms with E-state index >= 15 is 0 Å². The molecule has 124 valence electrons. The normalized spacial score (nSPS) is 11.6. The summed E-state index contributed by atoms with van der Waals surface area (Å²) in [5.74, 6) is -0.482. The fourth-order valence-corrected chi connectivity index (χ4v) is 4.49. The van der Waals surface area contributed by atoms with Gasteiger partial charge < -0.3 is 0 Å². The highest BCUT2D eigenvalue weighted by Gasteiger charge is 2.19. The zero-order valence-electron chi connectivity index (χ0n) is 13.5. The second kappa shape index (κ2) is 5.99. The molecule has 0 fully saturated rings. The molecule has 0 aliphatic heterocycles. The van der Waals surface area contributed by atoms with Crippen LogP contribution in [0, 0.1) is 13.8 Å². The Hall–Kier alpha value is -2.25. The van der Waals surface area contributed by atoms with Gasteiger partial charge in [-0.25, -0.2) is 13.4 Å². The van der Waals surface area contributed by atoms with Crippen LogP contribution in [-0.4, -0.2) is 25.6 Å². The molecule has 1 aromatic heterocycles. The molecule has 0 bridgehead atoms. The Morgan fingerprint density at radius 1 is 1.17 bits per heavy atom. The summed E-state index contributed by atoms with van der Waals surface area (Å²) < 4.78 is 24.7. The van der Waals surface area contributed by atoms with Crippen molar-refractivity contribution in [3.8, 4) is 0 Å². The third-order valence-electron chi connectivity index (χ3n) is 3.58. The number of nitrogens with zero attached hydrogens (tertiary/aromatic N) is 1. The Labute approximate surface area is 144 Å². The monoisotopic (exact) mass is 360 g/mol. The smallest absolute Gasteiger partial charge is 0.258 e. The average molecular weight is 360 g/mol. The lowest BCUT2D eigenvalue weighted by Gasteiger charge is -2.06. The van der Waals surface area contributed by atoms with Gasteiger partial charge in [0, 0.05) is 6.26 Å². The maximum Gasteiger partial charge on any atom is 0.258 e. The first-order valence-electron chi connectivity index (χ1n) is 7.24. The Bertz CT molecular complexity index is 1050. The van der Waals surface area contributed by atoms with E-state index in [2.05, 4.69) is 10.3 Å². The van der Waals surface area contributed by atoms with E-state index in [9.17, 15) is 13.2 Å². The third kappa shape index (κ3) is 3.18. The summed E-state index contributed by atoms with van der Waals surface area (Å²) in [5, 5.41) is 3.16. The summed E-state index contributed by atoms with van der Waals surface area (Å²) in [7, 11) is -3.49. The molecule has 0 spiro atoms. The van der Waals surface area contributed by atoms with Crippen LogP contribution in [-0.2, 0) is 9.84 Å². The Morgan fingerprint density at radius 2 is 1.88 bits per heavy atom. The first-order chi connectivity index (χ1) is 11.3. The number of anilines is 1. The van der Waals surface area contributed by atoms with Gasteiger partial charge in [-0.05, 0) is 43.2 Å². The Kier molecular flexibility index (Phi) is 4.15. The lowest BCUT2D eigenvalue weighted by atomic mass is 10.1. The highest BCUT2D eigenvalue weighted by Crippen LogP contribution is 2.30. The van der Waals surface area contributed by atoms with E-state index in [1.807, 2.05) is 26.0 Å². The van der Waals surface area contributed by atoms with E-state index in [1.165, 1.54) is 23.5 Å². The molecule has 0 saturated carbocycles. The molecule has 24 heavy (non-hydrogen) atoms. The minimum Gasteiger partial charge on any atom is -0.298 e. The van der Waals surface area contributed by atoms with Crippen molar-refractivity contribution in [2.75, 3.05) is 11.6 Å². The van der Waals surface area contributed by atoms with Gasteiger partial charge >= 0.3 is 0 Å². The summed E-state index contributed by atoms with van der Waals surface area (Å²) in [6, 6.07) is 10.2. The van der Waals surface area contributed by atoms with E-state index in [-0.39, 0.29) is 10.5 Å². The van der Waals surface area contributed by atoms with Gasteiger partial charge in [-0.2, -0.15) is 0 Å². The zero-order chi connectivity index (χ0) is 17.5. The van der Waals surface area contributed by atoms with Crippen LogP contribution in [0.1, 0.15) is 21.5 Å². The molecule has 7 heteroatoms. The van der Waals surface area contributed by atoms with Crippen molar-refractivity contribution in [3.63, 3.8) is 0 Å². The van der Waals surface area contributed by atoms with Gasteiger partial charge in [0.15, 0.2) is 15.0 Å². The largest absolute Gasteiger partial charge is 0.298 e. The van der Waals surface area contributed by atoms with Crippen LogP contribution in [0.5, 0.6) is 0 Å². The molecule has 0 unspecified atom stereocenters. The first kappa shape index (κ1) is 16.6. The van der Waals surface area contributed by atoms with Gasteiger partial charge in [0.1, 0.15) is 0 Å². The van der Waals surface area contributed by atoms with Crippen molar-refractivity contribution >= 4 is 42.4 Å². The number of aromatic nitrogens is 1.